The third-order valence-electron chi connectivity index (χ3n) is 1.89. The Balaban J connectivity index is 2.52. The smallest absolute Gasteiger partial charge is 0.167 e. The first kappa shape index (κ1) is 9.83. The van der Waals surface area contributed by atoms with Crippen molar-refractivity contribution in [3.8, 4) is 5.75 Å². The second kappa shape index (κ2) is 3.81. The van der Waals surface area contributed by atoms with Crippen LogP contribution in [0.4, 0.5) is 4.39 Å². The van der Waals surface area contributed by atoms with Gasteiger partial charge in [-0.25, -0.2) is 4.39 Å². The maximum absolute atomic E-state index is 13.5. The van der Waals surface area contributed by atoms with Crippen molar-refractivity contribution < 1.29 is 9.13 Å². The Kier molecular flexibility index (Phi) is 2.49. The molecule has 0 aliphatic carbocycles. The molecule has 78 valence electrons. The summed E-state index contributed by atoms with van der Waals surface area (Å²) in [4.78, 5) is 8.09. The molecule has 4 heteroatoms. The van der Waals surface area contributed by atoms with Crippen LogP contribution >= 0.6 is 0 Å². The third-order valence-corrected chi connectivity index (χ3v) is 1.89. The highest BCUT2D eigenvalue weighted by Gasteiger charge is 2.08. The SMILES string of the molecule is CC(C)Oc1cc2nccnc2cc1F. The first-order valence-corrected chi connectivity index (χ1v) is 4.74. The molecule has 0 fully saturated rings. The predicted molar refractivity (Wildman–Crippen MR) is 55.3 cm³/mol. The highest BCUT2D eigenvalue weighted by molar-refractivity contribution is 5.75. The zero-order chi connectivity index (χ0) is 10.8. The summed E-state index contributed by atoms with van der Waals surface area (Å²) in [6.45, 7) is 3.70. The summed E-state index contributed by atoms with van der Waals surface area (Å²) in [6.07, 6.45) is 3.04. The minimum atomic E-state index is -0.406. The molecule has 3 nitrogen and oxygen atoms in total. The Labute approximate surface area is 86.9 Å². The Hall–Kier alpha value is -1.71. The second-order valence-corrected chi connectivity index (χ2v) is 3.49. The molecule has 0 bridgehead atoms. The Morgan fingerprint density at radius 1 is 1.13 bits per heavy atom. The third kappa shape index (κ3) is 2.03. The summed E-state index contributed by atoms with van der Waals surface area (Å²) in [5.74, 6) is -0.185. The predicted octanol–water partition coefficient (Wildman–Crippen LogP) is 2.56. The fraction of sp³-hybridized carbons (Fsp3) is 0.273. The summed E-state index contributed by atoms with van der Waals surface area (Å²) in [7, 11) is 0. The fourth-order valence-electron chi connectivity index (χ4n) is 1.31. The van der Waals surface area contributed by atoms with E-state index in [4.69, 9.17) is 4.74 Å². The highest BCUT2D eigenvalue weighted by Crippen LogP contribution is 2.22. The lowest BCUT2D eigenvalue weighted by molar-refractivity contribution is 0.231. The van der Waals surface area contributed by atoms with Crippen molar-refractivity contribution in [3.05, 3.63) is 30.3 Å². The van der Waals surface area contributed by atoms with Crippen LogP contribution < -0.4 is 4.74 Å². The maximum Gasteiger partial charge on any atom is 0.167 e. The van der Waals surface area contributed by atoms with Crippen LogP contribution in [0.1, 0.15) is 13.8 Å². The summed E-state index contributed by atoms with van der Waals surface area (Å²) < 4.78 is 18.8. The molecule has 15 heavy (non-hydrogen) atoms. The van der Waals surface area contributed by atoms with Gasteiger partial charge in [-0.05, 0) is 13.8 Å². The standard InChI is InChI=1S/C11H11FN2O/c1-7(2)15-11-6-10-9(5-8(11)12)13-3-4-14-10/h3-7H,1-2H3. The number of fused-ring (bicyclic) bond motifs is 1. The van der Waals surface area contributed by atoms with Crippen molar-refractivity contribution in [1.82, 2.24) is 9.97 Å². The molecule has 0 amide bonds. The van der Waals surface area contributed by atoms with Gasteiger partial charge in [-0.15, -0.1) is 0 Å². The Morgan fingerprint density at radius 3 is 2.33 bits per heavy atom. The minimum absolute atomic E-state index is 0.0615. The van der Waals surface area contributed by atoms with Crippen LogP contribution in [0, 0.1) is 5.82 Å². The molecule has 0 radical (unpaired) electrons. The van der Waals surface area contributed by atoms with Crippen LogP contribution in [0.25, 0.3) is 11.0 Å². The fourth-order valence-corrected chi connectivity index (χ4v) is 1.31. The molecule has 2 aromatic rings. The molecule has 0 N–H and O–H groups in total. The van der Waals surface area contributed by atoms with Crippen molar-refractivity contribution in [2.45, 2.75) is 20.0 Å². The summed E-state index contributed by atoms with van der Waals surface area (Å²) in [5.41, 5.74) is 1.17. The topological polar surface area (TPSA) is 35.0 Å². The number of aromatic nitrogens is 2. The van der Waals surface area contributed by atoms with E-state index in [1.54, 1.807) is 12.3 Å². The van der Waals surface area contributed by atoms with Crippen molar-refractivity contribution in [2.75, 3.05) is 0 Å². The first-order valence-electron chi connectivity index (χ1n) is 4.74. The summed E-state index contributed by atoms with van der Waals surface area (Å²) in [5, 5.41) is 0. The lowest BCUT2D eigenvalue weighted by atomic mass is 10.2. The van der Waals surface area contributed by atoms with Gasteiger partial charge < -0.3 is 4.74 Å². The monoisotopic (exact) mass is 206 g/mol. The van der Waals surface area contributed by atoms with E-state index in [-0.39, 0.29) is 11.9 Å². The number of halogens is 1. The molecule has 2 rings (SSSR count). The molecular formula is C11H11FN2O. The van der Waals surface area contributed by atoms with Gasteiger partial charge in [-0.2, -0.15) is 0 Å². The van der Waals surface area contributed by atoms with E-state index in [0.29, 0.717) is 11.0 Å². The number of rotatable bonds is 2. The van der Waals surface area contributed by atoms with Crippen molar-refractivity contribution in [2.24, 2.45) is 0 Å². The Bertz CT molecular complexity index is 485. The van der Waals surface area contributed by atoms with Crippen LogP contribution in [0.5, 0.6) is 5.75 Å². The minimum Gasteiger partial charge on any atom is -0.488 e. The van der Waals surface area contributed by atoms with E-state index in [1.165, 1.54) is 12.3 Å². The molecule has 0 saturated heterocycles. The van der Waals surface area contributed by atoms with Crippen LogP contribution in [0.2, 0.25) is 0 Å². The Morgan fingerprint density at radius 2 is 1.73 bits per heavy atom. The van der Waals surface area contributed by atoms with Crippen molar-refractivity contribution in [3.63, 3.8) is 0 Å². The molecule has 0 spiro atoms. The van der Waals surface area contributed by atoms with E-state index in [9.17, 15) is 4.39 Å². The summed E-state index contributed by atoms with van der Waals surface area (Å²) in [6, 6.07) is 2.90. The molecule has 0 aliphatic rings. The number of hydrogen-bond acceptors (Lipinski definition) is 3. The highest BCUT2D eigenvalue weighted by atomic mass is 19.1. The normalized spacial score (nSPS) is 10.9. The molecule has 0 unspecified atom stereocenters. The van der Waals surface area contributed by atoms with Gasteiger partial charge >= 0.3 is 0 Å². The van der Waals surface area contributed by atoms with E-state index in [0.717, 1.165) is 0 Å². The zero-order valence-corrected chi connectivity index (χ0v) is 8.57. The van der Waals surface area contributed by atoms with Gasteiger partial charge in [0.1, 0.15) is 0 Å². The maximum atomic E-state index is 13.5. The van der Waals surface area contributed by atoms with Crippen LogP contribution in [-0.4, -0.2) is 16.1 Å². The lowest BCUT2D eigenvalue weighted by Gasteiger charge is -2.10. The van der Waals surface area contributed by atoms with Gasteiger partial charge in [0.2, 0.25) is 0 Å². The molecule has 1 aromatic heterocycles. The van der Waals surface area contributed by atoms with Gasteiger partial charge in [0.15, 0.2) is 11.6 Å². The van der Waals surface area contributed by atoms with Crippen molar-refractivity contribution >= 4 is 11.0 Å². The summed E-state index contributed by atoms with van der Waals surface area (Å²) >= 11 is 0. The van der Waals surface area contributed by atoms with E-state index in [1.807, 2.05) is 13.8 Å². The van der Waals surface area contributed by atoms with Gasteiger partial charge in [0, 0.05) is 24.5 Å². The first-order chi connectivity index (χ1) is 7.16. The van der Waals surface area contributed by atoms with Crippen LogP contribution in [0.15, 0.2) is 24.5 Å². The molecular weight excluding hydrogens is 195 g/mol. The molecule has 1 aromatic carbocycles. The second-order valence-electron chi connectivity index (χ2n) is 3.49. The van der Waals surface area contributed by atoms with Crippen LogP contribution in [0.3, 0.4) is 0 Å². The number of hydrogen-bond donors (Lipinski definition) is 0. The largest absolute Gasteiger partial charge is 0.488 e. The molecule has 1 heterocycles. The van der Waals surface area contributed by atoms with Gasteiger partial charge in [-0.3, -0.25) is 9.97 Å². The average molecular weight is 206 g/mol. The number of nitrogens with zero attached hydrogens (tertiary/aromatic N) is 2. The number of ether oxygens (including phenoxy) is 1. The van der Waals surface area contributed by atoms with Crippen molar-refractivity contribution in [1.29, 1.82) is 0 Å². The van der Waals surface area contributed by atoms with E-state index < -0.39 is 5.82 Å². The van der Waals surface area contributed by atoms with E-state index in [2.05, 4.69) is 9.97 Å². The number of benzene rings is 1. The molecule has 0 atom stereocenters. The van der Waals surface area contributed by atoms with Gasteiger partial charge in [0.05, 0.1) is 17.1 Å². The quantitative estimate of drug-likeness (QED) is 0.757. The molecule has 0 saturated carbocycles. The molecule has 0 aliphatic heterocycles. The zero-order valence-electron chi connectivity index (χ0n) is 8.57. The van der Waals surface area contributed by atoms with Gasteiger partial charge in [-0.1, -0.05) is 0 Å². The van der Waals surface area contributed by atoms with E-state index >= 15 is 0 Å². The van der Waals surface area contributed by atoms with Crippen LogP contribution in [-0.2, 0) is 0 Å². The lowest BCUT2D eigenvalue weighted by Crippen LogP contribution is -2.07. The average Bonchev–Trinajstić information content (AvgIpc) is 2.18. The van der Waals surface area contributed by atoms with Gasteiger partial charge in [0.25, 0.3) is 0 Å².